The Morgan fingerprint density at radius 2 is 1.64 bits per heavy atom. The predicted molar refractivity (Wildman–Crippen MR) is 139 cm³/mol. The number of aromatic nitrogens is 1. The lowest BCUT2D eigenvalue weighted by Crippen LogP contribution is -2.18. The molecule has 0 bridgehead atoms. The van der Waals surface area contributed by atoms with Crippen molar-refractivity contribution in [3.8, 4) is 11.3 Å². The molecular formula is C24H21BrClN3O2S2. The van der Waals surface area contributed by atoms with Gasteiger partial charge >= 0.3 is 0 Å². The zero-order valence-electron chi connectivity index (χ0n) is 17.4. The monoisotopic (exact) mass is 561 g/mol. The molecule has 0 spiro atoms. The van der Waals surface area contributed by atoms with Gasteiger partial charge < -0.3 is 4.57 Å². The molecule has 1 aliphatic rings. The number of benzene rings is 3. The van der Waals surface area contributed by atoms with Crippen LogP contribution in [0.25, 0.3) is 11.3 Å². The lowest BCUT2D eigenvalue weighted by Gasteiger charge is -2.11. The molecule has 0 radical (unpaired) electrons. The van der Waals surface area contributed by atoms with Crippen molar-refractivity contribution >= 4 is 49.9 Å². The second-order valence-corrected chi connectivity index (χ2v) is 10.7. The molecule has 0 atom stereocenters. The van der Waals surface area contributed by atoms with Crippen LogP contribution in [0.5, 0.6) is 0 Å². The fourth-order valence-electron chi connectivity index (χ4n) is 4.00. The summed E-state index contributed by atoms with van der Waals surface area (Å²) in [6.45, 7) is 1.21. The minimum Gasteiger partial charge on any atom is -0.312 e. The third-order valence-electron chi connectivity index (χ3n) is 5.47. The molecule has 170 valence electrons. The second-order valence-electron chi connectivity index (χ2n) is 7.69. The average molecular weight is 563 g/mol. The van der Waals surface area contributed by atoms with Crippen molar-refractivity contribution in [2.75, 3.05) is 0 Å². The van der Waals surface area contributed by atoms with Gasteiger partial charge in [-0.25, -0.2) is 13.6 Å². The molecule has 1 heterocycles. The van der Waals surface area contributed by atoms with E-state index in [1.165, 1.54) is 0 Å². The number of fused-ring (bicyclic) bond motifs is 3. The SMILES string of the molecule is Br.NS(=O)(=O)c1cc2c(cc1Cl)Cc1sc(=NCc3ccccc3)n(Cc3ccccc3)c1-2. The van der Waals surface area contributed by atoms with Gasteiger partial charge in [0, 0.05) is 16.9 Å². The fourth-order valence-corrected chi connectivity index (χ4v) is 6.28. The van der Waals surface area contributed by atoms with Gasteiger partial charge in [0.15, 0.2) is 4.80 Å². The van der Waals surface area contributed by atoms with Crippen molar-refractivity contribution in [1.82, 2.24) is 4.57 Å². The maximum Gasteiger partial charge on any atom is 0.239 e. The van der Waals surface area contributed by atoms with Crippen molar-refractivity contribution < 1.29 is 8.42 Å². The largest absolute Gasteiger partial charge is 0.312 e. The molecule has 0 unspecified atom stereocenters. The van der Waals surface area contributed by atoms with E-state index in [9.17, 15) is 8.42 Å². The summed E-state index contributed by atoms with van der Waals surface area (Å²) in [5, 5.41) is 5.57. The summed E-state index contributed by atoms with van der Waals surface area (Å²) >= 11 is 7.88. The summed E-state index contributed by atoms with van der Waals surface area (Å²) in [5.41, 5.74) is 5.11. The van der Waals surface area contributed by atoms with Crippen LogP contribution >= 0.6 is 39.9 Å². The van der Waals surface area contributed by atoms with Gasteiger partial charge in [0.2, 0.25) is 10.0 Å². The van der Waals surface area contributed by atoms with Crippen molar-refractivity contribution in [2.24, 2.45) is 10.1 Å². The minimum atomic E-state index is -3.93. The molecule has 9 heteroatoms. The zero-order valence-corrected chi connectivity index (χ0v) is 21.5. The number of primary sulfonamides is 1. The first-order valence-electron chi connectivity index (χ1n) is 10.1. The molecule has 0 fully saturated rings. The zero-order chi connectivity index (χ0) is 22.3. The van der Waals surface area contributed by atoms with Crippen LogP contribution in [0.2, 0.25) is 5.02 Å². The Kier molecular flexibility index (Phi) is 6.93. The van der Waals surface area contributed by atoms with Crippen LogP contribution in [0.15, 0.2) is 82.7 Å². The Labute approximate surface area is 212 Å². The summed E-state index contributed by atoms with van der Waals surface area (Å²) in [7, 11) is -3.93. The van der Waals surface area contributed by atoms with Crippen LogP contribution in [-0.2, 0) is 29.5 Å². The summed E-state index contributed by atoms with van der Waals surface area (Å²) < 4.78 is 26.3. The Bertz CT molecular complexity index is 1480. The molecule has 0 amide bonds. The molecule has 2 N–H and O–H groups in total. The number of thiazole rings is 1. The molecular weight excluding hydrogens is 542 g/mol. The number of rotatable bonds is 5. The molecule has 1 aromatic heterocycles. The summed E-state index contributed by atoms with van der Waals surface area (Å²) in [4.78, 5) is 6.91. The van der Waals surface area contributed by atoms with E-state index in [2.05, 4.69) is 28.8 Å². The molecule has 0 saturated heterocycles. The summed E-state index contributed by atoms with van der Waals surface area (Å²) in [5.74, 6) is 0. The predicted octanol–water partition coefficient (Wildman–Crippen LogP) is 5.15. The van der Waals surface area contributed by atoms with Gasteiger partial charge in [-0.05, 0) is 28.8 Å². The summed E-state index contributed by atoms with van der Waals surface area (Å²) in [6.07, 6.45) is 0.690. The van der Waals surface area contributed by atoms with Gasteiger partial charge in [0.05, 0.1) is 23.8 Å². The number of nitrogens with zero attached hydrogens (tertiary/aromatic N) is 2. The number of halogens is 2. The Balaban J connectivity index is 0.00000259. The van der Waals surface area contributed by atoms with Gasteiger partial charge in [-0.15, -0.1) is 28.3 Å². The Hall–Kier alpha value is -2.23. The van der Waals surface area contributed by atoms with E-state index in [1.807, 2.05) is 36.4 Å². The molecule has 4 aromatic rings. The summed E-state index contributed by atoms with van der Waals surface area (Å²) in [6, 6.07) is 23.6. The highest BCUT2D eigenvalue weighted by Crippen LogP contribution is 2.41. The first-order valence-corrected chi connectivity index (χ1v) is 12.8. The van der Waals surface area contributed by atoms with Gasteiger partial charge in [0.1, 0.15) is 4.90 Å². The minimum absolute atomic E-state index is 0. The normalized spacial score (nSPS) is 12.8. The van der Waals surface area contributed by atoms with Crippen LogP contribution in [0.1, 0.15) is 21.6 Å². The quantitative estimate of drug-likeness (QED) is 0.322. The van der Waals surface area contributed by atoms with Gasteiger partial charge in [-0.3, -0.25) is 4.99 Å². The number of hydrogen-bond donors (Lipinski definition) is 1. The fraction of sp³-hybridized carbons (Fsp3) is 0.125. The Morgan fingerprint density at radius 3 is 2.27 bits per heavy atom. The molecule has 0 aliphatic heterocycles. The van der Waals surface area contributed by atoms with Gasteiger partial charge in [-0.2, -0.15) is 0 Å². The van der Waals surface area contributed by atoms with Crippen LogP contribution < -0.4 is 9.94 Å². The Morgan fingerprint density at radius 1 is 1.00 bits per heavy atom. The van der Waals surface area contributed by atoms with Crippen molar-refractivity contribution in [2.45, 2.75) is 24.4 Å². The van der Waals surface area contributed by atoms with Gasteiger partial charge in [-0.1, -0.05) is 72.3 Å². The molecule has 1 aliphatic carbocycles. The van der Waals surface area contributed by atoms with E-state index in [1.54, 1.807) is 23.5 Å². The van der Waals surface area contributed by atoms with E-state index in [0.717, 1.165) is 37.6 Å². The first-order chi connectivity index (χ1) is 15.4. The third kappa shape index (κ3) is 4.85. The number of hydrogen-bond acceptors (Lipinski definition) is 4. The highest BCUT2D eigenvalue weighted by atomic mass is 79.9. The lowest BCUT2D eigenvalue weighted by atomic mass is 10.1. The van der Waals surface area contributed by atoms with Crippen molar-refractivity contribution in [3.05, 3.63) is 104 Å². The number of sulfonamides is 1. The molecule has 0 saturated carbocycles. The highest BCUT2D eigenvalue weighted by Gasteiger charge is 2.28. The van der Waals surface area contributed by atoms with Gasteiger partial charge in [0.25, 0.3) is 0 Å². The van der Waals surface area contributed by atoms with E-state index in [-0.39, 0.29) is 26.9 Å². The topological polar surface area (TPSA) is 77.5 Å². The average Bonchev–Trinajstić information content (AvgIpc) is 3.28. The number of nitrogens with two attached hydrogens (primary N) is 1. The highest BCUT2D eigenvalue weighted by molar-refractivity contribution is 8.93. The van der Waals surface area contributed by atoms with Crippen LogP contribution in [0, 0.1) is 0 Å². The van der Waals surface area contributed by atoms with Crippen molar-refractivity contribution in [1.29, 1.82) is 0 Å². The van der Waals surface area contributed by atoms with E-state index in [4.69, 9.17) is 21.7 Å². The van der Waals surface area contributed by atoms with Crippen LogP contribution in [-0.4, -0.2) is 13.0 Å². The maximum absolute atomic E-state index is 12.1. The lowest BCUT2D eigenvalue weighted by molar-refractivity contribution is 0.598. The maximum atomic E-state index is 12.1. The molecule has 5 rings (SSSR count). The third-order valence-corrected chi connectivity index (χ3v) is 7.96. The standard InChI is InChI=1S/C24H20ClN3O2S2.BrH/c25-20-11-18-12-21-23(19(18)13-22(20)32(26,29)30)28(15-17-9-5-2-6-10-17)24(31-21)27-14-16-7-3-1-4-8-16;/h1-11,13H,12,14-15H2,(H2,26,29,30);1H. The molecule has 33 heavy (non-hydrogen) atoms. The van der Waals surface area contributed by atoms with E-state index >= 15 is 0 Å². The molecule has 5 nitrogen and oxygen atoms in total. The van der Waals surface area contributed by atoms with Crippen LogP contribution in [0.3, 0.4) is 0 Å². The van der Waals surface area contributed by atoms with Crippen molar-refractivity contribution in [3.63, 3.8) is 0 Å². The van der Waals surface area contributed by atoms with E-state index in [0.29, 0.717) is 19.5 Å². The second kappa shape index (κ2) is 9.56. The van der Waals surface area contributed by atoms with E-state index < -0.39 is 10.0 Å². The van der Waals surface area contributed by atoms with Crippen LogP contribution in [0.4, 0.5) is 0 Å². The molecule has 3 aromatic carbocycles. The smallest absolute Gasteiger partial charge is 0.239 e. The first kappa shape index (κ1) is 23.9.